The van der Waals surface area contributed by atoms with Gasteiger partial charge in [0.2, 0.25) is 5.91 Å². The van der Waals surface area contributed by atoms with Crippen molar-refractivity contribution >= 4 is 17.5 Å². The standard InChI is InChI=1S/C24H34ClFN4O3/c25-18-4-3-17(10-19(18)26)33-12-23(31)29-20-11-21(14-7-13(20)8-14)30-24(32)22-9-16(5-6-27-22)28-15-1-2-15/h3-4,10,13-16,20-23,27-29,31H,1-2,5-9,11-12H2,(H,30,32). The largest absolute Gasteiger partial charge is 0.489 e. The van der Waals surface area contributed by atoms with Crippen LogP contribution in [0.3, 0.4) is 0 Å². The van der Waals surface area contributed by atoms with Crippen LogP contribution >= 0.6 is 11.6 Å². The van der Waals surface area contributed by atoms with E-state index >= 15 is 0 Å². The van der Waals surface area contributed by atoms with Crippen LogP contribution in [-0.2, 0) is 4.79 Å². The van der Waals surface area contributed by atoms with Crippen molar-refractivity contribution in [2.45, 2.75) is 81.4 Å². The quantitative estimate of drug-likeness (QED) is 0.347. The smallest absolute Gasteiger partial charge is 0.237 e. The van der Waals surface area contributed by atoms with E-state index in [0.29, 0.717) is 29.7 Å². The van der Waals surface area contributed by atoms with Crippen molar-refractivity contribution in [1.82, 2.24) is 21.3 Å². The Morgan fingerprint density at radius 1 is 1.15 bits per heavy atom. The highest BCUT2D eigenvalue weighted by Crippen LogP contribution is 2.46. The molecule has 6 rings (SSSR count). The molecule has 1 heterocycles. The number of aliphatic hydroxyl groups excluding tert-OH is 1. The number of rotatable bonds is 9. The molecule has 5 fully saturated rings. The molecule has 1 aromatic rings. The Bertz CT molecular complexity index is 851. The van der Waals surface area contributed by atoms with Crippen LogP contribution in [0, 0.1) is 17.7 Å². The average molecular weight is 481 g/mol. The second kappa shape index (κ2) is 10.0. The van der Waals surface area contributed by atoms with Gasteiger partial charge in [-0.1, -0.05) is 11.6 Å². The van der Waals surface area contributed by atoms with E-state index in [1.165, 1.54) is 25.0 Å². The fraction of sp³-hybridized carbons (Fsp3) is 0.708. The number of aliphatic hydroxyl groups is 1. The van der Waals surface area contributed by atoms with E-state index in [9.17, 15) is 14.3 Å². The number of hydrogen-bond donors (Lipinski definition) is 5. The minimum atomic E-state index is -0.878. The van der Waals surface area contributed by atoms with Crippen molar-refractivity contribution in [1.29, 1.82) is 0 Å². The summed E-state index contributed by atoms with van der Waals surface area (Å²) in [6.45, 7) is 0.874. The summed E-state index contributed by atoms with van der Waals surface area (Å²) in [5.74, 6) is 0.895. The second-order valence-electron chi connectivity index (χ2n) is 10.2. The molecule has 5 N–H and O–H groups in total. The van der Waals surface area contributed by atoms with Crippen molar-refractivity contribution in [3.8, 4) is 5.75 Å². The first kappa shape index (κ1) is 23.3. The number of amides is 1. The molecule has 2 bridgehead atoms. The molecule has 5 unspecified atom stereocenters. The molecule has 33 heavy (non-hydrogen) atoms. The number of fused-ring (bicyclic) bond motifs is 2. The molecule has 1 saturated heterocycles. The Kier molecular flexibility index (Phi) is 7.09. The summed E-state index contributed by atoms with van der Waals surface area (Å²) < 4.78 is 19.1. The van der Waals surface area contributed by atoms with E-state index in [2.05, 4.69) is 21.3 Å². The third-order valence-electron chi connectivity index (χ3n) is 7.66. The van der Waals surface area contributed by atoms with Crippen LogP contribution in [0.4, 0.5) is 4.39 Å². The van der Waals surface area contributed by atoms with Gasteiger partial charge in [-0.05, 0) is 75.5 Å². The van der Waals surface area contributed by atoms with Crippen molar-refractivity contribution in [2.24, 2.45) is 11.8 Å². The van der Waals surface area contributed by atoms with E-state index in [-0.39, 0.29) is 35.7 Å². The summed E-state index contributed by atoms with van der Waals surface area (Å²) in [4.78, 5) is 13.0. The van der Waals surface area contributed by atoms with Crippen LogP contribution in [0.25, 0.3) is 0 Å². The van der Waals surface area contributed by atoms with Crippen LogP contribution < -0.4 is 26.0 Å². The van der Waals surface area contributed by atoms with Crippen LogP contribution in [0.5, 0.6) is 5.75 Å². The summed E-state index contributed by atoms with van der Waals surface area (Å²) in [7, 11) is 0. The Labute approximate surface area is 199 Å². The zero-order valence-corrected chi connectivity index (χ0v) is 19.5. The molecule has 1 aromatic carbocycles. The van der Waals surface area contributed by atoms with E-state index in [1.54, 1.807) is 6.07 Å². The molecule has 1 amide bonds. The molecule has 5 atom stereocenters. The maximum atomic E-state index is 13.6. The lowest BCUT2D eigenvalue weighted by Gasteiger charge is -2.52. The predicted molar refractivity (Wildman–Crippen MR) is 124 cm³/mol. The number of halogens is 2. The van der Waals surface area contributed by atoms with Crippen molar-refractivity contribution in [3.05, 3.63) is 29.0 Å². The lowest BCUT2D eigenvalue weighted by atomic mass is 9.60. The molecule has 182 valence electrons. The molecule has 7 nitrogen and oxygen atoms in total. The lowest BCUT2D eigenvalue weighted by Crippen LogP contribution is -2.63. The third-order valence-corrected chi connectivity index (χ3v) is 7.97. The highest BCUT2D eigenvalue weighted by Gasteiger charge is 2.47. The highest BCUT2D eigenvalue weighted by atomic mass is 35.5. The van der Waals surface area contributed by atoms with Gasteiger partial charge < -0.3 is 25.8 Å². The van der Waals surface area contributed by atoms with Gasteiger partial charge >= 0.3 is 0 Å². The Hall–Kier alpha value is -1.45. The minimum Gasteiger partial charge on any atom is -0.489 e. The molecule has 1 aliphatic heterocycles. The third kappa shape index (κ3) is 5.80. The van der Waals surface area contributed by atoms with Crippen molar-refractivity contribution in [2.75, 3.05) is 13.2 Å². The number of benzene rings is 1. The summed E-state index contributed by atoms with van der Waals surface area (Å²) in [6, 6.07) is 5.39. The first-order valence-corrected chi connectivity index (χ1v) is 12.6. The number of nitrogens with one attached hydrogen (secondary N) is 4. The van der Waals surface area contributed by atoms with Crippen LogP contribution in [-0.4, -0.2) is 60.6 Å². The van der Waals surface area contributed by atoms with Gasteiger partial charge in [0, 0.05) is 30.2 Å². The first-order chi connectivity index (χ1) is 15.9. The number of hydrogen-bond acceptors (Lipinski definition) is 6. The van der Waals surface area contributed by atoms with Gasteiger partial charge in [0.15, 0.2) is 0 Å². The fourth-order valence-corrected chi connectivity index (χ4v) is 5.69. The maximum absolute atomic E-state index is 13.6. The van der Waals surface area contributed by atoms with Crippen LogP contribution in [0.15, 0.2) is 18.2 Å². The van der Waals surface area contributed by atoms with Crippen LogP contribution in [0.2, 0.25) is 5.02 Å². The number of piperidine rings is 1. The van der Waals surface area contributed by atoms with Gasteiger partial charge in [0.05, 0.1) is 11.1 Å². The molecule has 0 radical (unpaired) electrons. The maximum Gasteiger partial charge on any atom is 0.237 e. The Morgan fingerprint density at radius 3 is 2.70 bits per heavy atom. The van der Waals surface area contributed by atoms with Gasteiger partial charge in [-0.15, -0.1) is 0 Å². The van der Waals surface area contributed by atoms with Gasteiger partial charge in [-0.3, -0.25) is 10.1 Å². The molecule has 5 aliphatic rings. The van der Waals surface area contributed by atoms with Gasteiger partial charge in [-0.25, -0.2) is 4.39 Å². The minimum absolute atomic E-state index is 0.00607. The van der Waals surface area contributed by atoms with E-state index in [1.807, 2.05) is 0 Å². The fourth-order valence-electron chi connectivity index (χ4n) is 5.58. The molecule has 4 aliphatic carbocycles. The lowest BCUT2D eigenvalue weighted by molar-refractivity contribution is -0.126. The van der Waals surface area contributed by atoms with Gasteiger partial charge in [0.1, 0.15) is 24.4 Å². The Morgan fingerprint density at radius 2 is 1.94 bits per heavy atom. The topological polar surface area (TPSA) is 94.7 Å². The summed E-state index contributed by atoms with van der Waals surface area (Å²) >= 11 is 5.69. The van der Waals surface area contributed by atoms with E-state index in [0.717, 1.165) is 38.6 Å². The zero-order valence-electron chi connectivity index (χ0n) is 18.7. The molecule has 4 saturated carbocycles. The second-order valence-corrected chi connectivity index (χ2v) is 10.6. The predicted octanol–water partition coefficient (Wildman–Crippen LogP) is 1.92. The summed E-state index contributed by atoms with van der Waals surface area (Å²) in [5, 5.41) is 24.1. The van der Waals surface area contributed by atoms with Crippen molar-refractivity contribution < 1.29 is 19.0 Å². The molecule has 9 heteroatoms. The number of carbonyl (C=O) groups is 1. The van der Waals surface area contributed by atoms with E-state index < -0.39 is 12.0 Å². The molecular formula is C24H34ClFN4O3. The SMILES string of the molecule is O=C(NC1CC(NC(O)COc2ccc(Cl)c(F)c2)C2CC1C2)C1CC(NC2CC2)CCN1. The number of carbonyl (C=O) groups excluding carboxylic acids is 1. The molecule has 0 aromatic heterocycles. The average Bonchev–Trinajstić information content (AvgIpc) is 3.58. The van der Waals surface area contributed by atoms with Crippen LogP contribution in [0.1, 0.15) is 44.9 Å². The van der Waals surface area contributed by atoms with Gasteiger partial charge in [0.25, 0.3) is 0 Å². The Balaban J connectivity index is 1.08. The summed E-state index contributed by atoms with van der Waals surface area (Å²) in [6.07, 6.45) is 6.46. The van der Waals surface area contributed by atoms with Gasteiger partial charge in [-0.2, -0.15) is 0 Å². The monoisotopic (exact) mass is 480 g/mol. The normalized spacial score (nSPS) is 34.3. The van der Waals surface area contributed by atoms with Crippen molar-refractivity contribution in [3.63, 3.8) is 0 Å². The molecular weight excluding hydrogens is 447 g/mol. The van der Waals surface area contributed by atoms with E-state index in [4.69, 9.17) is 16.3 Å². The summed E-state index contributed by atoms with van der Waals surface area (Å²) in [5.41, 5.74) is 0. The highest BCUT2D eigenvalue weighted by molar-refractivity contribution is 6.30. The number of ether oxygens (including phenoxy) is 1. The molecule has 0 spiro atoms. The zero-order chi connectivity index (χ0) is 22.9. The first-order valence-electron chi connectivity index (χ1n) is 12.3.